The van der Waals surface area contributed by atoms with Crippen molar-refractivity contribution in [3.63, 3.8) is 0 Å². The van der Waals surface area contributed by atoms with Crippen molar-refractivity contribution in [3.05, 3.63) is 392 Å². The van der Waals surface area contributed by atoms with Crippen LogP contribution in [0.1, 0.15) is 22.3 Å². The maximum atomic E-state index is 2.44. The summed E-state index contributed by atoms with van der Waals surface area (Å²) in [5.41, 5.74) is 23.8. The van der Waals surface area contributed by atoms with E-state index in [2.05, 4.69) is 421 Å². The van der Waals surface area contributed by atoms with E-state index in [-0.39, 0.29) is 0 Å². The van der Waals surface area contributed by atoms with Gasteiger partial charge in [-0.1, -0.05) is 224 Å². The van der Waals surface area contributed by atoms with Crippen LogP contribution in [-0.4, -0.2) is 22.8 Å². The summed E-state index contributed by atoms with van der Waals surface area (Å²) < 4.78 is 20.2. The van der Waals surface area contributed by atoms with Gasteiger partial charge >= 0.3 is 0 Å². The predicted molar refractivity (Wildman–Crippen MR) is 495 cm³/mol. The minimum absolute atomic E-state index is 1.18. The quantitative estimate of drug-likeness (QED) is 0.164. The van der Waals surface area contributed by atoms with Gasteiger partial charge in [0, 0.05) is 143 Å². The molecule has 8 aromatic heterocycles. The van der Waals surface area contributed by atoms with E-state index in [1.807, 2.05) is 34.0 Å². The zero-order valence-electron chi connectivity index (χ0n) is 63.2. The Morgan fingerprint density at radius 2 is 0.526 bits per heavy atom. The highest BCUT2D eigenvalue weighted by Crippen LogP contribution is 2.48. The largest absolute Gasteiger partial charge is 0.309 e. The third-order valence-electron chi connectivity index (χ3n) is 23.1. The first-order valence-electron chi connectivity index (χ1n) is 39.0. The highest BCUT2D eigenvalue weighted by atomic mass is 32.1. The number of thiophene rings is 3. The number of hydrogen-bond acceptors (Lipinski definition) is 3. The van der Waals surface area contributed by atoms with Crippen molar-refractivity contribution in [1.29, 1.82) is 0 Å². The van der Waals surface area contributed by atoms with Crippen molar-refractivity contribution < 1.29 is 0 Å². The summed E-state index contributed by atoms with van der Waals surface area (Å²) in [5.74, 6) is 0. The summed E-state index contributed by atoms with van der Waals surface area (Å²) in [6.45, 7) is 8.66. The lowest BCUT2D eigenvalue weighted by Crippen LogP contribution is -1.96. The Kier molecular flexibility index (Phi) is 16.0. The number of para-hydroxylation sites is 6. The molecule has 0 aliphatic rings. The normalized spacial score (nSPS) is 11.9. The van der Waals surface area contributed by atoms with Crippen molar-refractivity contribution in [3.8, 4) is 28.4 Å². The van der Waals surface area contributed by atoms with Gasteiger partial charge in [-0.2, -0.15) is 0 Å². The van der Waals surface area contributed by atoms with Crippen LogP contribution in [0.25, 0.3) is 198 Å². The molecule has 0 aliphatic heterocycles. The first-order valence-corrected chi connectivity index (χ1v) is 41.5. The van der Waals surface area contributed by atoms with E-state index in [4.69, 9.17) is 0 Å². The van der Waals surface area contributed by atoms with Crippen molar-refractivity contribution >= 4 is 204 Å². The minimum atomic E-state index is 1.18. The molecule has 25 aromatic rings. The number of hydrogen-bond donors (Lipinski definition) is 0. The molecule has 0 saturated carbocycles. The number of rotatable bonds is 5. The highest BCUT2D eigenvalue weighted by molar-refractivity contribution is 7.27. The average Bonchev–Trinajstić information content (AvgIpc) is 1.57. The van der Waals surface area contributed by atoms with Gasteiger partial charge in [-0.15, -0.1) is 34.0 Å². The molecule has 114 heavy (non-hydrogen) atoms. The smallest absolute Gasteiger partial charge is 0.0634 e. The van der Waals surface area contributed by atoms with Gasteiger partial charge in [0.2, 0.25) is 0 Å². The molecular weight excluding hydrogens is 1440 g/mol. The Hall–Kier alpha value is -13.6. The lowest BCUT2D eigenvalue weighted by Gasteiger charge is -2.10. The van der Waals surface area contributed by atoms with E-state index < -0.39 is 0 Å². The molecule has 5 nitrogen and oxygen atoms in total. The molecule has 0 N–H and O–H groups in total. The van der Waals surface area contributed by atoms with Gasteiger partial charge in [-0.05, 0) is 196 Å². The van der Waals surface area contributed by atoms with Gasteiger partial charge < -0.3 is 22.8 Å². The summed E-state index contributed by atoms with van der Waals surface area (Å²) >= 11 is 5.67. The van der Waals surface area contributed by atoms with Crippen LogP contribution in [0, 0.1) is 27.7 Å². The number of aryl methyl sites for hydroxylation is 4. The summed E-state index contributed by atoms with van der Waals surface area (Å²) in [6.07, 6.45) is 0. The number of benzene rings is 17. The molecule has 0 atom stereocenters. The molecule has 8 heteroatoms. The predicted octanol–water partition coefficient (Wildman–Crippen LogP) is 30.6. The molecular formula is C106H73N5S3. The molecule has 0 spiro atoms. The number of aromatic nitrogens is 5. The maximum absolute atomic E-state index is 2.44. The molecule has 0 amide bonds. The fourth-order valence-electron chi connectivity index (χ4n) is 18.1. The van der Waals surface area contributed by atoms with E-state index in [1.54, 1.807) is 0 Å². The number of fused-ring (bicyclic) bond motifs is 27. The standard InChI is InChI=1S/C31H22N2.3C25H17NS/c1-21-10-9-13-23(18-21)33-29-17-8-6-15-25(29)27-19-26-24-14-5-7-16-28(24)32(30(26)20-31(27)33)22-11-3-2-4-12-22;1-16-11-12-18-19-13-14-23-24(20-9-5-6-10-22(20)27-23)25(19)26(21(18)15-16)17-7-3-2-4-8-17;1-16-11-12-18-21(15-16)26(17-7-3-2-4-8-17)20-13-14-23-25(24(18)20)19-9-5-6-10-22(19)27-23;1-16-11-12-20-22(15-16)26(17-7-3-2-4-8-17)21-14-13-19-18-9-5-6-10-23(18)27-25(19)24(20)21/h2-20H,1H3;3*2-15H,1H3. The third kappa shape index (κ3) is 10.8. The first kappa shape index (κ1) is 67.3. The van der Waals surface area contributed by atoms with Crippen molar-refractivity contribution in [2.24, 2.45) is 0 Å². The second kappa shape index (κ2) is 27.1. The molecule has 0 radical (unpaired) electrons. The van der Waals surface area contributed by atoms with Gasteiger partial charge in [-0.25, -0.2) is 0 Å². The van der Waals surface area contributed by atoms with Gasteiger partial charge in [0.1, 0.15) is 0 Å². The Bertz CT molecular complexity index is 8130. The third-order valence-corrected chi connectivity index (χ3v) is 26.5. The molecule has 17 aromatic carbocycles. The van der Waals surface area contributed by atoms with Crippen LogP contribution in [0.2, 0.25) is 0 Å². The van der Waals surface area contributed by atoms with Gasteiger partial charge in [-0.3, -0.25) is 0 Å². The number of nitrogens with zero attached hydrogens (tertiary/aromatic N) is 5. The van der Waals surface area contributed by atoms with Gasteiger partial charge in [0.15, 0.2) is 0 Å². The first-order chi connectivity index (χ1) is 56.2. The van der Waals surface area contributed by atoms with Crippen LogP contribution >= 0.6 is 34.0 Å². The SMILES string of the molecule is Cc1ccc2c3c4c(ccc3n(-c3ccccc3)c2c1)sc1ccccc14.Cc1ccc2c3c4sc5ccccc5c4ccc3n(-c3ccccc3)c2c1.Cc1ccc2c3ccc4sc5ccccc5c4c3n(-c3ccccc3)c2c1.Cc1cccc(-n2c3ccccc3c3cc4c5ccccc5n(-c5ccccc5)c4cc32)c1. The van der Waals surface area contributed by atoms with E-state index in [0.717, 1.165) is 0 Å². The Morgan fingerprint density at radius 1 is 0.167 bits per heavy atom. The van der Waals surface area contributed by atoms with Crippen LogP contribution in [0.4, 0.5) is 0 Å². The average molecular weight is 1510 g/mol. The van der Waals surface area contributed by atoms with Crippen LogP contribution in [0.3, 0.4) is 0 Å². The van der Waals surface area contributed by atoms with Gasteiger partial charge in [0.25, 0.3) is 0 Å². The highest BCUT2D eigenvalue weighted by Gasteiger charge is 2.24. The lowest BCUT2D eigenvalue weighted by atomic mass is 10.0. The molecule has 25 rings (SSSR count). The van der Waals surface area contributed by atoms with E-state index >= 15 is 0 Å². The molecule has 0 bridgehead atoms. The van der Waals surface area contributed by atoms with Crippen molar-refractivity contribution in [2.45, 2.75) is 27.7 Å². The minimum Gasteiger partial charge on any atom is -0.309 e. The summed E-state index contributed by atoms with van der Waals surface area (Å²) in [5, 5.41) is 21.3. The van der Waals surface area contributed by atoms with E-state index in [0.29, 0.717) is 0 Å². The summed E-state index contributed by atoms with van der Waals surface area (Å²) in [4.78, 5) is 0. The molecule has 8 heterocycles. The molecule has 0 fully saturated rings. The van der Waals surface area contributed by atoms with E-state index in [9.17, 15) is 0 Å². The fourth-order valence-corrected chi connectivity index (χ4v) is 21.6. The van der Waals surface area contributed by atoms with Crippen molar-refractivity contribution in [1.82, 2.24) is 22.8 Å². The van der Waals surface area contributed by atoms with Gasteiger partial charge in [0.05, 0.1) is 55.2 Å². The molecule has 0 unspecified atom stereocenters. The lowest BCUT2D eigenvalue weighted by molar-refractivity contribution is 1.16. The Labute approximate surface area is 669 Å². The summed E-state index contributed by atoms with van der Waals surface area (Å²) in [6, 6.07) is 134. The van der Waals surface area contributed by atoms with E-state index in [1.165, 1.54) is 220 Å². The zero-order valence-corrected chi connectivity index (χ0v) is 65.6. The Morgan fingerprint density at radius 3 is 1.08 bits per heavy atom. The maximum Gasteiger partial charge on any atom is 0.0634 e. The monoisotopic (exact) mass is 1510 g/mol. The molecule has 0 saturated heterocycles. The second-order valence-electron chi connectivity index (χ2n) is 30.1. The Balaban J connectivity index is 0.0000000930. The van der Waals surface area contributed by atoms with Crippen LogP contribution in [0.5, 0.6) is 0 Å². The van der Waals surface area contributed by atoms with Crippen molar-refractivity contribution in [2.75, 3.05) is 0 Å². The van der Waals surface area contributed by atoms with Crippen LogP contribution < -0.4 is 0 Å². The summed E-state index contributed by atoms with van der Waals surface area (Å²) in [7, 11) is 0. The zero-order chi connectivity index (χ0) is 75.8. The molecule has 0 aliphatic carbocycles. The van der Waals surface area contributed by atoms with Crippen LogP contribution in [-0.2, 0) is 0 Å². The second-order valence-corrected chi connectivity index (χ2v) is 33.4. The fraction of sp³-hybridized carbons (Fsp3) is 0.0377. The van der Waals surface area contributed by atoms with Crippen LogP contribution in [0.15, 0.2) is 370 Å². The molecule has 540 valence electrons. The topological polar surface area (TPSA) is 24.6 Å².